The van der Waals surface area contributed by atoms with E-state index in [9.17, 15) is 4.79 Å². The molecule has 0 saturated carbocycles. The maximum atomic E-state index is 11.5. The maximum absolute atomic E-state index is 11.5. The molecule has 0 unspecified atom stereocenters. The summed E-state index contributed by atoms with van der Waals surface area (Å²) < 4.78 is 0. The highest BCUT2D eigenvalue weighted by atomic mass is 16.1. The van der Waals surface area contributed by atoms with Crippen LogP contribution in [0.5, 0.6) is 0 Å². The third-order valence-corrected chi connectivity index (χ3v) is 2.85. The number of carbonyl (C=O) groups is 1. The van der Waals surface area contributed by atoms with E-state index >= 15 is 0 Å². The van der Waals surface area contributed by atoms with Crippen LogP contribution in [0.2, 0.25) is 0 Å². The van der Waals surface area contributed by atoms with Crippen molar-refractivity contribution in [3.8, 4) is 0 Å². The Hall–Kier alpha value is -0.610. The molecule has 0 aromatic heterocycles. The molecule has 0 aliphatic rings. The van der Waals surface area contributed by atoms with E-state index < -0.39 is 0 Å². The molecule has 0 spiro atoms. The normalized spacial score (nSPS) is 11.2. The summed E-state index contributed by atoms with van der Waals surface area (Å²) in [5.74, 6) is 0.117. The third kappa shape index (κ3) is 10.3. The zero-order valence-electron chi connectivity index (χ0n) is 11.9. The van der Waals surface area contributed by atoms with Crippen molar-refractivity contribution < 1.29 is 4.79 Å². The van der Waals surface area contributed by atoms with Crippen molar-refractivity contribution in [1.82, 2.24) is 15.5 Å². The van der Waals surface area contributed by atoms with E-state index in [2.05, 4.69) is 43.5 Å². The number of hydrogen-bond acceptors (Lipinski definition) is 3. The standard InChI is InChI=1S/C13H29N3O/c1-5-12(6-2)15-13(17)11-14-9-7-8-10-16(3)4/h12,14H,5-11H2,1-4H3,(H,15,17). The van der Waals surface area contributed by atoms with Gasteiger partial charge in [0.1, 0.15) is 0 Å². The number of amides is 1. The molecule has 0 bridgehead atoms. The lowest BCUT2D eigenvalue weighted by Gasteiger charge is -2.15. The minimum atomic E-state index is 0.117. The molecule has 0 aromatic rings. The van der Waals surface area contributed by atoms with Gasteiger partial charge in [0.05, 0.1) is 6.54 Å². The Bertz CT molecular complexity index is 191. The van der Waals surface area contributed by atoms with E-state index in [1.165, 1.54) is 6.42 Å². The second kappa shape index (κ2) is 10.5. The van der Waals surface area contributed by atoms with Crippen molar-refractivity contribution in [1.29, 1.82) is 0 Å². The van der Waals surface area contributed by atoms with Gasteiger partial charge in [-0.3, -0.25) is 4.79 Å². The summed E-state index contributed by atoms with van der Waals surface area (Å²) in [6.07, 6.45) is 4.31. The number of unbranched alkanes of at least 4 members (excludes halogenated alkanes) is 1. The SMILES string of the molecule is CCC(CC)NC(=O)CNCCCCN(C)C. The summed E-state index contributed by atoms with van der Waals surface area (Å²) in [5, 5.41) is 6.20. The van der Waals surface area contributed by atoms with Gasteiger partial charge < -0.3 is 15.5 Å². The fourth-order valence-electron chi connectivity index (χ4n) is 1.65. The molecular formula is C13H29N3O. The van der Waals surface area contributed by atoms with Gasteiger partial charge in [-0.25, -0.2) is 0 Å². The highest BCUT2D eigenvalue weighted by molar-refractivity contribution is 5.78. The first-order chi connectivity index (χ1) is 8.10. The lowest BCUT2D eigenvalue weighted by molar-refractivity contribution is -0.121. The van der Waals surface area contributed by atoms with Crippen molar-refractivity contribution >= 4 is 5.91 Å². The molecule has 0 heterocycles. The van der Waals surface area contributed by atoms with E-state index in [4.69, 9.17) is 0 Å². The molecule has 0 fully saturated rings. The maximum Gasteiger partial charge on any atom is 0.234 e. The van der Waals surface area contributed by atoms with Crippen molar-refractivity contribution in [2.45, 2.75) is 45.6 Å². The summed E-state index contributed by atoms with van der Waals surface area (Å²) in [6, 6.07) is 0.332. The lowest BCUT2D eigenvalue weighted by Crippen LogP contribution is -2.40. The molecule has 0 aliphatic heterocycles. The van der Waals surface area contributed by atoms with Gasteiger partial charge in [-0.05, 0) is 52.9 Å². The fourth-order valence-corrected chi connectivity index (χ4v) is 1.65. The van der Waals surface area contributed by atoms with Gasteiger partial charge in [-0.15, -0.1) is 0 Å². The zero-order chi connectivity index (χ0) is 13.1. The van der Waals surface area contributed by atoms with E-state index in [0.717, 1.165) is 32.4 Å². The number of nitrogens with zero attached hydrogens (tertiary/aromatic N) is 1. The average molecular weight is 243 g/mol. The van der Waals surface area contributed by atoms with Crippen LogP contribution in [0.3, 0.4) is 0 Å². The second-order valence-corrected chi connectivity index (χ2v) is 4.77. The van der Waals surface area contributed by atoms with Crippen LogP contribution in [0.4, 0.5) is 0 Å². The Balaban J connectivity index is 3.39. The predicted octanol–water partition coefficient (Wildman–Crippen LogP) is 1.22. The summed E-state index contributed by atoms with van der Waals surface area (Å²) in [7, 11) is 4.16. The monoisotopic (exact) mass is 243 g/mol. The molecule has 4 nitrogen and oxygen atoms in total. The van der Waals surface area contributed by atoms with Gasteiger partial charge in [0.2, 0.25) is 5.91 Å². The van der Waals surface area contributed by atoms with Crippen LogP contribution < -0.4 is 10.6 Å². The van der Waals surface area contributed by atoms with Gasteiger partial charge in [0.25, 0.3) is 0 Å². The molecule has 0 saturated heterocycles. The lowest BCUT2D eigenvalue weighted by atomic mass is 10.2. The quantitative estimate of drug-likeness (QED) is 0.567. The Morgan fingerprint density at radius 3 is 2.35 bits per heavy atom. The minimum Gasteiger partial charge on any atom is -0.352 e. The average Bonchev–Trinajstić information content (AvgIpc) is 2.30. The topological polar surface area (TPSA) is 44.4 Å². The van der Waals surface area contributed by atoms with Gasteiger partial charge in [-0.2, -0.15) is 0 Å². The first-order valence-electron chi connectivity index (χ1n) is 6.74. The van der Waals surface area contributed by atoms with Crippen LogP contribution in [-0.4, -0.2) is 50.6 Å². The smallest absolute Gasteiger partial charge is 0.234 e. The number of rotatable bonds is 10. The van der Waals surface area contributed by atoms with Crippen molar-refractivity contribution in [2.75, 3.05) is 33.7 Å². The van der Waals surface area contributed by atoms with Crippen LogP contribution in [0.15, 0.2) is 0 Å². The van der Waals surface area contributed by atoms with Crippen molar-refractivity contribution in [2.24, 2.45) is 0 Å². The highest BCUT2D eigenvalue weighted by Gasteiger charge is 2.06. The minimum absolute atomic E-state index is 0.117. The van der Waals surface area contributed by atoms with Gasteiger partial charge in [0, 0.05) is 6.04 Å². The Labute approximate surface area is 106 Å². The van der Waals surface area contributed by atoms with E-state index in [-0.39, 0.29) is 5.91 Å². The van der Waals surface area contributed by atoms with Crippen LogP contribution in [0.25, 0.3) is 0 Å². The zero-order valence-corrected chi connectivity index (χ0v) is 11.9. The molecule has 102 valence electrons. The molecular weight excluding hydrogens is 214 g/mol. The molecule has 17 heavy (non-hydrogen) atoms. The van der Waals surface area contributed by atoms with E-state index in [0.29, 0.717) is 12.6 Å². The number of carbonyl (C=O) groups excluding carboxylic acids is 1. The molecule has 0 aromatic carbocycles. The predicted molar refractivity (Wildman–Crippen MR) is 73.2 cm³/mol. The number of nitrogens with one attached hydrogen (secondary N) is 2. The van der Waals surface area contributed by atoms with E-state index in [1.54, 1.807) is 0 Å². The molecule has 0 rings (SSSR count). The summed E-state index contributed by atoms with van der Waals surface area (Å²) in [6.45, 7) is 6.68. The largest absolute Gasteiger partial charge is 0.352 e. The fraction of sp³-hybridized carbons (Fsp3) is 0.923. The van der Waals surface area contributed by atoms with E-state index in [1.807, 2.05) is 0 Å². The van der Waals surface area contributed by atoms with Crippen LogP contribution in [0.1, 0.15) is 39.5 Å². The summed E-state index contributed by atoms with van der Waals surface area (Å²) in [4.78, 5) is 13.7. The Kier molecular flexibility index (Phi) is 10.2. The number of hydrogen-bond donors (Lipinski definition) is 2. The van der Waals surface area contributed by atoms with Crippen LogP contribution in [0, 0.1) is 0 Å². The molecule has 0 atom stereocenters. The molecule has 0 radical (unpaired) electrons. The van der Waals surface area contributed by atoms with Crippen molar-refractivity contribution in [3.63, 3.8) is 0 Å². The molecule has 1 amide bonds. The summed E-state index contributed by atoms with van der Waals surface area (Å²) in [5.41, 5.74) is 0. The first kappa shape index (κ1) is 16.4. The highest BCUT2D eigenvalue weighted by Crippen LogP contribution is 1.95. The van der Waals surface area contributed by atoms with Gasteiger partial charge in [-0.1, -0.05) is 13.8 Å². The Morgan fingerprint density at radius 1 is 1.18 bits per heavy atom. The third-order valence-electron chi connectivity index (χ3n) is 2.85. The van der Waals surface area contributed by atoms with Gasteiger partial charge >= 0.3 is 0 Å². The summed E-state index contributed by atoms with van der Waals surface area (Å²) >= 11 is 0. The molecule has 4 heteroatoms. The van der Waals surface area contributed by atoms with Crippen LogP contribution in [-0.2, 0) is 4.79 Å². The van der Waals surface area contributed by atoms with Crippen molar-refractivity contribution in [3.05, 3.63) is 0 Å². The molecule has 0 aliphatic carbocycles. The molecule has 2 N–H and O–H groups in total. The van der Waals surface area contributed by atoms with Crippen LogP contribution >= 0.6 is 0 Å². The second-order valence-electron chi connectivity index (χ2n) is 4.77. The Morgan fingerprint density at radius 2 is 1.82 bits per heavy atom. The first-order valence-corrected chi connectivity index (χ1v) is 6.74. The van der Waals surface area contributed by atoms with Gasteiger partial charge in [0.15, 0.2) is 0 Å².